The lowest BCUT2D eigenvalue weighted by molar-refractivity contribution is 0.273. The minimum Gasteiger partial charge on any atom is -0.491 e. The molecule has 1 rings (SSSR count). The van der Waals surface area contributed by atoms with Crippen LogP contribution in [0.5, 0.6) is 5.75 Å². The topological polar surface area (TPSA) is 35.2 Å². The summed E-state index contributed by atoms with van der Waals surface area (Å²) in [5, 5.41) is 0. The molecule has 0 aromatic heterocycles. The standard InChI is InChI=1S/C9H10FNOS/c10-4-5-12-8-3-1-2-7(6-8)9(11)13/h1-3,6H,4-5H2,(H2,11,13). The number of alkyl halides is 1. The molecule has 70 valence electrons. The van der Waals surface area contributed by atoms with Crippen molar-refractivity contribution in [3.05, 3.63) is 29.8 Å². The van der Waals surface area contributed by atoms with E-state index in [1.165, 1.54) is 0 Å². The molecular weight excluding hydrogens is 189 g/mol. The Morgan fingerprint density at radius 3 is 2.92 bits per heavy atom. The fourth-order valence-electron chi connectivity index (χ4n) is 0.896. The van der Waals surface area contributed by atoms with Gasteiger partial charge in [0.05, 0.1) is 0 Å². The van der Waals surface area contributed by atoms with Crippen LogP contribution in [0.3, 0.4) is 0 Å². The van der Waals surface area contributed by atoms with Crippen LogP contribution < -0.4 is 10.5 Å². The Hall–Kier alpha value is -1.16. The molecule has 0 saturated carbocycles. The average Bonchev–Trinajstić information content (AvgIpc) is 2.15. The van der Waals surface area contributed by atoms with Gasteiger partial charge in [-0.1, -0.05) is 24.4 Å². The summed E-state index contributed by atoms with van der Waals surface area (Å²) in [5.41, 5.74) is 6.14. The maximum Gasteiger partial charge on any atom is 0.123 e. The first-order valence-electron chi connectivity index (χ1n) is 3.82. The molecule has 0 heterocycles. The van der Waals surface area contributed by atoms with Gasteiger partial charge < -0.3 is 10.5 Å². The van der Waals surface area contributed by atoms with E-state index in [1.54, 1.807) is 24.3 Å². The summed E-state index contributed by atoms with van der Waals surface area (Å²) >= 11 is 4.78. The number of rotatable bonds is 4. The number of hydrogen-bond donors (Lipinski definition) is 1. The van der Waals surface area contributed by atoms with Gasteiger partial charge in [-0.05, 0) is 12.1 Å². The van der Waals surface area contributed by atoms with Crippen LogP contribution in [0.2, 0.25) is 0 Å². The highest BCUT2D eigenvalue weighted by Gasteiger charge is 1.98. The van der Waals surface area contributed by atoms with E-state index in [0.717, 1.165) is 5.56 Å². The van der Waals surface area contributed by atoms with Gasteiger partial charge in [-0.25, -0.2) is 4.39 Å². The van der Waals surface area contributed by atoms with Gasteiger partial charge in [-0.3, -0.25) is 0 Å². The number of nitrogens with two attached hydrogens (primary N) is 1. The largest absolute Gasteiger partial charge is 0.491 e. The van der Waals surface area contributed by atoms with Gasteiger partial charge in [-0.15, -0.1) is 0 Å². The van der Waals surface area contributed by atoms with Crippen molar-refractivity contribution in [2.24, 2.45) is 5.73 Å². The quantitative estimate of drug-likeness (QED) is 0.749. The SMILES string of the molecule is NC(=S)c1cccc(OCCF)c1. The lowest BCUT2D eigenvalue weighted by Crippen LogP contribution is -2.09. The Kier molecular flexibility index (Phi) is 3.64. The zero-order valence-electron chi connectivity index (χ0n) is 7.00. The number of benzene rings is 1. The molecule has 0 atom stereocenters. The van der Waals surface area contributed by atoms with E-state index in [-0.39, 0.29) is 6.61 Å². The monoisotopic (exact) mass is 199 g/mol. The Morgan fingerprint density at radius 2 is 2.31 bits per heavy atom. The van der Waals surface area contributed by atoms with Gasteiger partial charge in [-0.2, -0.15) is 0 Å². The summed E-state index contributed by atoms with van der Waals surface area (Å²) in [6.07, 6.45) is 0. The van der Waals surface area contributed by atoms with Crippen molar-refractivity contribution >= 4 is 17.2 Å². The first-order chi connectivity index (χ1) is 6.24. The van der Waals surface area contributed by atoms with E-state index in [9.17, 15) is 4.39 Å². The van der Waals surface area contributed by atoms with E-state index in [0.29, 0.717) is 10.7 Å². The molecule has 0 spiro atoms. The Balaban J connectivity index is 2.73. The lowest BCUT2D eigenvalue weighted by Gasteiger charge is -2.04. The predicted octanol–water partition coefficient (Wildman–Crippen LogP) is 1.67. The molecule has 0 aliphatic heterocycles. The molecule has 1 aromatic rings. The number of thiocarbonyl (C=S) groups is 1. The summed E-state index contributed by atoms with van der Waals surface area (Å²) in [5.74, 6) is 0.586. The highest BCUT2D eigenvalue weighted by Crippen LogP contribution is 2.12. The third kappa shape index (κ3) is 2.99. The van der Waals surface area contributed by atoms with E-state index >= 15 is 0 Å². The van der Waals surface area contributed by atoms with Gasteiger partial charge in [0.25, 0.3) is 0 Å². The minimum absolute atomic E-state index is 0.0563. The highest BCUT2D eigenvalue weighted by molar-refractivity contribution is 7.80. The lowest BCUT2D eigenvalue weighted by atomic mass is 10.2. The van der Waals surface area contributed by atoms with Gasteiger partial charge >= 0.3 is 0 Å². The van der Waals surface area contributed by atoms with Crippen LogP contribution in [-0.2, 0) is 0 Å². The summed E-state index contributed by atoms with van der Waals surface area (Å²) in [6, 6.07) is 6.97. The zero-order chi connectivity index (χ0) is 9.68. The second-order valence-electron chi connectivity index (χ2n) is 2.43. The molecule has 4 heteroatoms. The van der Waals surface area contributed by atoms with Crippen LogP contribution in [0.25, 0.3) is 0 Å². The van der Waals surface area contributed by atoms with E-state index in [4.69, 9.17) is 22.7 Å². The predicted molar refractivity (Wildman–Crippen MR) is 53.8 cm³/mol. The molecule has 0 unspecified atom stereocenters. The van der Waals surface area contributed by atoms with Crippen LogP contribution in [0.15, 0.2) is 24.3 Å². The highest BCUT2D eigenvalue weighted by atomic mass is 32.1. The van der Waals surface area contributed by atoms with Crippen LogP contribution >= 0.6 is 12.2 Å². The molecule has 0 aliphatic carbocycles. The molecular formula is C9H10FNOS. The van der Waals surface area contributed by atoms with Crippen LogP contribution in [0.4, 0.5) is 4.39 Å². The maximum absolute atomic E-state index is 11.8. The molecule has 2 N–H and O–H groups in total. The van der Waals surface area contributed by atoms with Crippen molar-refractivity contribution in [2.75, 3.05) is 13.3 Å². The first kappa shape index (κ1) is 9.92. The average molecular weight is 199 g/mol. The molecule has 13 heavy (non-hydrogen) atoms. The second-order valence-corrected chi connectivity index (χ2v) is 2.87. The van der Waals surface area contributed by atoms with Crippen molar-refractivity contribution in [3.63, 3.8) is 0 Å². The first-order valence-corrected chi connectivity index (χ1v) is 4.23. The van der Waals surface area contributed by atoms with Crippen LogP contribution in [0, 0.1) is 0 Å². The molecule has 2 nitrogen and oxygen atoms in total. The summed E-state index contributed by atoms with van der Waals surface area (Å²) in [4.78, 5) is 0.311. The van der Waals surface area contributed by atoms with Crippen molar-refractivity contribution in [3.8, 4) is 5.75 Å². The molecule has 0 saturated heterocycles. The van der Waals surface area contributed by atoms with E-state index in [2.05, 4.69) is 0 Å². The van der Waals surface area contributed by atoms with E-state index in [1.807, 2.05) is 0 Å². The molecule has 0 radical (unpaired) electrons. The Morgan fingerprint density at radius 1 is 1.54 bits per heavy atom. The van der Waals surface area contributed by atoms with Crippen LogP contribution in [-0.4, -0.2) is 18.3 Å². The number of hydrogen-bond acceptors (Lipinski definition) is 2. The third-order valence-corrected chi connectivity index (χ3v) is 1.70. The zero-order valence-corrected chi connectivity index (χ0v) is 7.81. The van der Waals surface area contributed by atoms with Crippen molar-refractivity contribution in [2.45, 2.75) is 0 Å². The maximum atomic E-state index is 11.8. The Bertz CT molecular complexity index is 303. The molecule has 0 amide bonds. The van der Waals surface area contributed by atoms with E-state index < -0.39 is 6.67 Å². The van der Waals surface area contributed by atoms with Gasteiger partial charge in [0.15, 0.2) is 0 Å². The second kappa shape index (κ2) is 4.77. The van der Waals surface area contributed by atoms with Gasteiger partial charge in [0.1, 0.15) is 24.0 Å². The van der Waals surface area contributed by atoms with Crippen molar-refractivity contribution in [1.82, 2.24) is 0 Å². The normalized spacial score (nSPS) is 9.62. The number of ether oxygens (including phenoxy) is 1. The molecule has 0 bridgehead atoms. The minimum atomic E-state index is -0.503. The molecule has 0 fully saturated rings. The van der Waals surface area contributed by atoms with Gasteiger partial charge in [0, 0.05) is 5.56 Å². The third-order valence-electron chi connectivity index (χ3n) is 1.46. The summed E-state index contributed by atoms with van der Waals surface area (Å²) in [6.45, 7) is -0.446. The van der Waals surface area contributed by atoms with Crippen molar-refractivity contribution < 1.29 is 9.13 Å². The fraction of sp³-hybridized carbons (Fsp3) is 0.222. The number of halogens is 1. The van der Waals surface area contributed by atoms with Crippen LogP contribution in [0.1, 0.15) is 5.56 Å². The fourth-order valence-corrected chi connectivity index (χ4v) is 1.02. The summed E-state index contributed by atoms with van der Waals surface area (Å²) in [7, 11) is 0. The molecule has 1 aromatic carbocycles. The molecule has 0 aliphatic rings. The smallest absolute Gasteiger partial charge is 0.123 e. The van der Waals surface area contributed by atoms with Gasteiger partial charge in [0.2, 0.25) is 0 Å². The van der Waals surface area contributed by atoms with Crippen molar-refractivity contribution in [1.29, 1.82) is 0 Å². The Labute approximate surface area is 81.5 Å². The summed E-state index contributed by atoms with van der Waals surface area (Å²) < 4.78 is 16.8.